The highest BCUT2D eigenvalue weighted by Gasteiger charge is 2.14. The molecule has 0 spiro atoms. The SMILES string of the molecule is c1n[nH]cc1OCC1CCCOC1. The Hall–Kier alpha value is -1.03. The minimum atomic E-state index is 0.545. The van der Waals surface area contributed by atoms with E-state index in [0.29, 0.717) is 5.92 Å². The van der Waals surface area contributed by atoms with E-state index in [-0.39, 0.29) is 0 Å². The molecule has 1 aliphatic heterocycles. The van der Waals surface area contributed by atoms with Gasteiger partial charge in [-0.15, -0.1) is 0 Å². The summed E-state index contributed by atoms with van der Waals surface area (Å²) in [7, 11) is 0. The summed E-state index contributed by atoms with van der Waals surface area (Å²) >= 11 is 0. The maximum Gasteiger partial charge on any atom is 0.156 e. The Morgan fingerprint density at radius 3 is 3.38 bits per heavy atom. The Bertz CT molecular complexity index is 230. The lowest BCUT2D eigenvalue weighted by atomic mass is 10.0. The third-order valence-electron chi connectivity index (χ3n) is 2.21. The van der Waals surface area contributed by atoms with Crippen molar-refractivity contribution in [1.82, 2.24) is 10.2 Å². The highest BCUT2D eigenvalue weighted by molar-refractivity contribution is 5.09. The Morgan fingerprint density at radius 2 is 2.69 bits per heavy atom. The third kappa shape index (κ3) is 2.45. The van der Waals surface area contributed by atoms with Crippen molar-refractivity contribution in [2.75, 3.05) is 19.8 Å². The molecule has 0 saturated carbocycles. The fraction of sp³-hybridized carbons (Fsp3) is 0.667. The van der Waals surface area contributed by atoms with Gasteiger partial charge in [-0.3, -0.25) is 5.10 Å². The summed E-state index contributed by atoms with van der Waals surface area (Å²) in [5.74, 6) is 1.36. The second kappa shape index (κ2) is 4.28. The molecule has 1 unspecified atom stereocenters. The minimum Gasteiger partial charge on any atom is -0.490 e. The quantitative estimate of drug-likeness (QED) is 0.764. The van der Waals surface area contributed by atoms with Crippen molar-refractivity contribution >= 4 is 0 Å². The van der Waals surface area contributed by atoms with E-state index in [0.717, 1.165) is 32.0 Å². The van der Waals surface area contributed by atoms with Crippen molar-refractivity contribution in [3.63, 3.8) is 0 Å². The van der Waals surface area contributed by atoms with Gasteiger partial charge in [-0.2, -0.15) is 5.10 Å². The highest BCUT2D eigenvalue weighted by Crippen LogP contribution is 2.15. The van der Waals surface area contributed by atoms with Crippen LogP contribution in [-0.2, 0) is 4.74 Å². The van der Waals surface area contributed by atoms with Gasteiger partial charge in [-0.1, -0.05) is 0 Å². The van der Waals surface area contributed by atoms with Crippen molar-refractivity contribution in [3.8, 4) is 5.75 Å². The van der Waals surface area contributed by atoms with E-state index in [1.54, 1.807) is 12.4 Å². The van der Waals surface area contributed by atoms with Gasteiger partial charge in [0.05, 0.1) is 25.6 Å². The van der Waals surface area contributed by atoms with Gasteiger partial charge >= 0.3 is 0 Å². The standard InChI is InChI=1S/C9H14N2O2/c1-2-8(6-12-3-1)7-13-9-4-10-11-5-9/h4-5,8H,1-3,6-7H2,(H,10,11). The second-order valence-corrected chi connectivity index (χ2v) is 3.33. The monoisotopic (exact) mass is 182 g/mol. The number of aromatic nitrogens is 2. The van der Waals surface area contributed by atoms with E-state index in [9.17, 15) is 0 Å². The Morgan fingerprint density at radius 1 is 1.69 bits per heavy atom. The van der Waals surface area contributed by atoms with Crippen LogP contribution in [-0.4, -0.2) is 30.0 Å². The Labute approximate surface area is 77.2 Å². The first kappa shape index (κ1) is 8.56. The zero-order valence-electron chi connectivity index (χ0n) is 7.53. The van der Waals surface area contributed by atoms with Crippen molar-refractivity contribution in [3.05, 3.63) is 12.4 Å². The van der Waals surface area contributed by atoms with Crippen LogP contribution in [0.4, 0.5) is 0 Å². The van der Waals surface area contributed by atoms with Crippen molar-refractivity contribution in [2.45, 2.75) is 12.8 Å². The van der Waals surface area contributed by atoms with Gasteiger partial charge in [0.25, 0.3) is 0 Å². The largest absolute Gasteiger partial charge is 0.490 e. The number of aromatic amines is 1. The van der Waals surface area contributed by atoms with E-state index >= 15 is 0 Å². The van der Waals surface area contributed by atoms with Gasteiger partial charge in [-0.05, 0) is 12.8 Å². The molecule has 1 aromatic rings. The van der Waals surface area contributed by atoms with Crippen LogP contribution in [0.5, 0.6) is 5.75 Å². The number of nitrogens with zero attached hydrogens (tertiary/aromatic N) is 1. The van der Waals surface area contributed by atoms with Crippen LogP contribution in [0, 0.1) is 5.92 Å². The summed E-state index contributed by atoms with van der Waals surface area (Å²) in [6.07, 6.45) is 5.80. The first-order valence-corrected chi connectivity index (χ1v) is 4.64. The first-order valence-electron chi connectivity index (χ1n) is 4.64. The van der Waals surface area contributed by atoms with Crippen LogP contribution < -0.4 is 4.74 Å². The highest BCUT2D eigenvalue weighted by atomic mass is 16.5. The van der Waals surface area contributed by atoms with Gasteiger partial charge < -0.3 is 9.47 Å². The molecule has 4 heteroatoms. The summed E-state index contributed by atoms with van der Waals surface area (Å²) in [5.41, 5.74) is 0. The van der Waals surface area contributed by atoms with Crippen molar-refractivity contribution in [1.29, 1.82) is 0 Å². The van der Waals surface area contributed by atoms with Crippen LogP contribution >= 0.6 is 0 Å². The minimum absolute atomic E-state index is 0.545. The fourth-order valence-corrected chi connectivity index (χ4v) is 1.47. The van der Waals surface area contributed by atoms with Crippen LogP contribution in [0.2, 0.25) is 0 Å². The molecule has 72 valence electrons. The molecule has 1 fully saturated rings. The van der Waals surface area contributed by atoms with Crippen molar-refractivity contribution in [2.24, 2.45) is 5.92 Å². The summed E-state index contributed by atoms with van der Waals surface area (Å²) < 4.78 is 10.9. The van der Waals surface area contributed by atoms with Gasteiger partial charge in [0.1, 0.15) is 0 Å². The molecule has 1 aromatic heterocycles. The molecule has 0 radical (unpaired) electrons. The van der Waals surface area contributed by atoms with E-state index in [2.05, 4.69) is 10.2 Å². The van der Waals surface area contributed by atoms with E-state index in [4.69, 9.17) is 9.47 Å². The van der Waals surface area contributed by atoms with Crippen LogP contribution in [0.3, 0.4) is 0 Å². The van der Waals surface area contributed by atoms with E-state index < -0.39 is 0 Å². The summed E-state index contributed by atoms with van der Waals surface area (Å²) in [6, 6.07) is 0. The Balaban J connectivity index is 1.72. The summed E-state index contributed by atoms with van der Waals surface area (Å²) in [5, 5.41) is 6.52. The average Bonchev–Trinajstić information content (AvgIpc) is 2.69. The Kier molecular flexibility index (Phi) is 2.82. The zero-order chi connectivity index (χ0) is 8.93. The molecule has 0 aliphatic carbocycles. The molecular formula is C9H14N2O2. The van der Waals surface area contributed by atoms with Gasteiger partial charge in [0.15, 0.2) is 5.75 Å². The first-order chi connectivity index (χ1) is 6.45. The third-order valence-corrected chi connectivity index (χ3v) is 2.21. The second-order valence-electron chi connectivity index (χ2n) is 3.33. The van der Waals surface area contributed by atoms with Gasteiger partial charge in [0, 0.05) is 12.5 Å². The number of hydrogen-bond acceptors (Lipinski definition) is 3. The normalized spacial score (nSPS) is 22.9. The molecule has 2 heterocycles. The maximum absolute atomic E-state index is 5.51. The summed E-state index contributed by atoms with van der Waals surface area (Å²) in [6.45, 7) is 2.47. The number of ether oxygens (including phenoxy) is 2. The van der Waals surface area contributed by atoms with Crippen LogP contribution in [0.15, 0.2) is 12.4 Å². The van der Waals surface area contributed by atoms with Gasteiger partial charge in [-0.25, -0.2) is 0 Å². The molecule has 4 nitrogen and oxygen atoms in total. The lowest BCUT2D eigenvalue weighted by molar-refractivity contribution is 0.0352. The van der Waals surface area contributed by atoms with E-state index in [1.165, 1.54) is 6.42 Å². The average molecular weight is 182 g/mol. The molecule has 13 heavy (non-hydrogen) atoms. The predicted molar refractivity (Wildman–Crippen MR) is 47.6 cm³/mol. The molecule has 1 N–H and O–H groups in total. The molecule has 2 rings (SSSR count). The topological polar surface area (TPSA) is 47.1 Å². The number of hydrogen-bond donors (Lipinski definition) is 1. The molecule has 0 aromatic carbocycles. The molecule has 0 bridgehead atoms. The predicted octanol–water partition coefficient (Wildman–Crippen LogP) is 1.22. The lowest BCUT2D eigenvalue weighted by Crippen LogP contribution is -2.23. The molecule has 0 amide bonds. The maximum atomic E-state index is 5.51. The number of nitrogens with one attached hydrogen (secondary N) is 1. The molecule has 1 aliphatic rings. The molecular weight excluding hydrogens is 168 g/mol. The molecule has 1 saturated heterocycles. The number of rotatable bonds is 3. The van der Waals surface area contributed by atoms with Crippen molar-refractivity contribution < 1.29 is 9.47 Å². The summed E-state index contributed by atoms with van der Waals surface area (Å²) in [4.78, 5) is 0. The van der Waals surface area contributed by atoms with Crippen LogP contribution in [0.1, 0.15) is 12.8 Å². The fourth-order valence-electron chi connectivity index (χ4n) is 1.47. The lowest BCUT2D eigenvalue weighted by Gasteiger charge is -2.21. The van der Waals surface area contributed by atoms with Crippen LogP contribution in [0.25, 0.3) is 0 Å². The van der Waals surface area contributed by atoms with Gasteiger partial charge in [0.2, 0.25) is 0 Å². The zero-order valence-corrected chi connectivity index (χ0v) is 7.53. The smallest absolute Gasteiger partial charge is 0.156 e. The van der Waals surface area contributed by atoms with E-state index in [1.807, 2.05) is 0 Å². The molecule has 1 atom stereocenters. The number of H-pyrrole nitrogens is 1.